The third kappa shape index (κ3) is 5.84. The maximum absolute atomic E-state index is 5.66. The first kappa shape index (κ1) is 14.9. The number of nitrogens with zero attached hydrogens (tertiary/aromatic N) is 2. The standard InChI is InChI=1S/C14H31N3/c1-14(2,7-8-15)12-17(4)10-6-13-5-9-16(3)11-13/h13H,5-12,15H2,1-4H3. The molecule has 1 atom stereocenters. The fourth-order valence-electron chi connectivity index (χ4n) is 2.94. The van der Waals surface area contributed by atoms with Crippen molar-refractivity contribution in [2.45, 2.75) is 33.1 Å². The second-order valence-corrected chi connectivity index (χ2v) is 6.65. The van der Waals surface area contributed by atoms with Gasteiger partial charge in [0.25, 0.3) is 0 Å². The summed E-state index contributed by atoms with van der Waals surface area (Å²) in [5.41, 5.74) is 6.01. The quantitative estimate of drug-likeness (QED) is 0.735. The molecule has 1 unspecified atom stereocenters. The molecule has 3 heteroatoms. The van der Waals surface area contributed by atoms with E-state index in [1.807, 2.05) is 0 Å². The molecule has 1 saturated heterocycles. The van der Waals surface area contributed by atoms with Gasteiger partial charge in [-0.3, -0.25) is 0 Å². The van der Waals surface area contributed by atoms with Gasteiger partial charge in [-0.1, -0.05) is 13.8 Å². The average molecular weight is 241 g/mol. The van der Waals surface area contributed by atoms with Crippen molar-refractivity contribution in [2.75, 3.05) is 46.8 Å². The summed E-state index contributed by atoms with van der Waals surface area (Å²) in [7, 11) is 4.48. The Hall–Kier alpha value is -0.120. The van der Waals surface area contributed by atoms with Crippen LogP contribution in [0.2, 0.25) is 0 Å². The molecule has 0 aromatic carbocycles. The monoisotopic (exact) mass is 241 g/mol. The molecule has 1 aliphatic heterocycles. The predicted molar refractivity (Wildman–Crippen MR) is 75.2 cm³/mol. The Morgan fingerprint density at radius 3 is 2.65 bits per heavy atom. The van der Waals surface area contributed by atoms with E-state index in [-0.39, 0.29) is 0 Å². The summed E-state index contributed by atoms with van der Waals surface area (Å²) < 4.78 is 0. The van der Waals surface area contributed by atoms with Crippen LogP contribution in [0.15, 0.2) is 0 Å². The Morgan fingerprint density at radius 1 is 1.41 bits per heavy atom. The lowest BCUT2D eigenvalue weighted by molar-refractivity contribution is 0.191. The summed E-state index contributed by atoms with van der Waals surface area (Å²) in [6.45, 7) is 10.4. The highest BCUT2D eigenvalue weighted by Crippen LogP contribution is 2.22. The Kier molecular flexibility index (Phi) is 5.90. The van der Waals surface area contributed by atoms with E-state index < -0.39 is 0 Å². The highest BCUT2D eigenvalue weighted by Gasteiger charge is 2.22. The summed E-state index contributed by atoms with van der Waals surface area (Å²) in [5, 5.41) is 0. The van der Waals surface area contributed by atoms with Gasteiger partial charge in [0.15, 0.2) is 0 Å². The van der Waals surface area contributed by atoms with Crippen LogP contribution in [0.1, 0.15) is 33.1 Å². The van der Waals surface area contributed by atoms with Gasteiger partial charge >= 0.3 is 0 Å². The van der Waals surface area contributed by atoms with Gasteiger partial charge in [0.05, 0.1) is 0 Å². The molecule has 1 rings (SSSR count). The first-order valence-corrected chi connectivity index (χ1v) is 7.00. The largest absolute Gasteiger partial charge is 0.330 e. The van der Waals surface area contributed by atoms with Gasteiger partial charge in [-0.15, -0.1) is 0 Å². The smallest absolute Gasteiger partial charge is 0.00301 e. The van der Waals surface area contributed by atoms with Gasteiger partial charge < -0.3 is 15.5 Å². The second-order valence-electron chi connectivity index (χ2n) is 6.65. The molecule has 102 valence electrons. The van der Waals surface area contributed by atoms with Crippen LogP contribution in [-0.2, 0) is 0 Å². The van der Waals surface area contributed by atoms with Gasteiger partial charge in [0, 0.05) is 13.1 Å². The van der Waals surface area contributed by atoms with Crippen LogP contribution in [0, 0.1) is 11.3 Å². The summed E-state index contributed by atoms with van der Waals surface area (Å²) in [4.78, 5) is 4.93. The van der Waals surface area contributed by atoms with E-state index in [2.05, 4.69) is 37.7 Å². The lowest BCUT2D eigenvalue weighted by Crippen LogP contribution is -2.34. The van der Waals surface area contributed by atoms with E-state index in [1.165, 1.54) is 32.5 Å². The van der Waals surface area contributed by atoms with E-state index >= 15 is 0 Å². The minimum Gasteiger partial charge on any atom is -0.330 e. The average Bonchev–Trinajstić information content (AvgIpc) is 2.60. The number of hydrogen-bond acceptors (Lipinski definition) is 3. The van der Waals surface area contributed by atoms with Gasteiger partial charge in [0.2, 0.25) is 0 Å². The van der Waals surface area contributed by atoms with E-state index in [0.717, 1.165) is 25.4 Å². The number of nitrogens with two attached hydrogens (primary N) is 1. The summed E-state index contributed by atoms with van der Waals surface area (Å²) in [5.74, 6) is 0.917. The van der Waals surface area contributed by atoms with Crippen molar-refractivity contribution in [1.82, 2.24) is 9.80 Å². The molecule has 1 heterocycles. The summed E-state index contributed by atoms with van der Waals surface area (Å²) in [6, 6.07) is 0. The van der Waals surface area contributed by atoms with Crippen LogP contribution in [-0.4, -0.2) is 56.6 Å². The van der Waals surface area contributed by atoms with E-state index in [9.17, 15) is 0 Å². The number of rotatable bonds is 7. The molecule has 0 aromatic rings. The molecule has 0 aromatic heterocycles. The van der Waals surface area contributed by atoms with Crippen molar-refractivity contribution in [1.29, 1.82) is 0 Å². The maximum Gasteiger partial charge on any atom is 0.00301 e. The topological polar surface area (TPSA) is 32.5 Å². The fourth-order valence-corrected chi connectivity index (χ4v) is 2.94. The normalized spacial score (nSPS) is 22.6. The lowest BCUT2D eigenvalue weighted by atomic mass is 9.88. The van der Waals surface area contributed by atoms with Gasteiger partial charge in [-0.2, -0.15) is 0 Å². The third-order valence-corrected chi connectivity index (χ3v) is 3.93. The van der Waals surface area contributed by atoms with Crippen molar-refractivity contribution >= 4 is 0 Å². The van der Waals surface area contributed by atoms with Crippen molar-refractivity contribution in [3.63, 3.8) is 0 Å². The zero-order valence-corrected chi connectivity index (χ0v) is 12.2. The van der Waals surface area contributed by atoms with Crippen LogP contribution in [0.4, 0.5) is 0 Å². The van der Waals surface area contributed by atoms with Crippen LogP contribution in [0.3, 0.4) is 0 Å². The molecule has 0 saturated carbocycles. The maximum atomic E-state index is 5.66. The molecule has 0 spiro atoms. The molecular formula is C14H31N3. The molecule has 0 amide bonds. The first-order valence-electron chi connectivity index (χ1n) is 7.00. The highest BCUT2D eigenvalue weighted by molar-refractivity contribution is 4.76. The van der Waals surface area contributed by atoms with Crippen LogP contribution in [0.25, 0.3) is 0 Å². The molecular weight excluding hydrogens is 210 g/mol. The SMILES string of the molecule is CN1CCC(CCN(C)CC(C)(C)CCN)C1. The van der Waals surface area contributed by atoms with Crippen molar-refractivity contribution < 1.29 is 0 Å². The number of hydrogen-bond donors (Lipinski definition) is 1. The Morgan fingerprint density at radius 2 is 2.12 bits per heavy atom. The Labute approximate surface area is 107 Å². The van der Waals surface area contributed by atoms with Crippen molar-refractivity contribution in [3.8, 4) is 0 Å². The van der Waals surface area contributed by atoms with E-state index in [4.69, 9.17) is 5.73 Å². The molecule has 0 bridgehead atoms. The highest BCUT2D eigenvalue weighted by atomic mass is 15.1. The van der Waals surface area contributed by atoms with E-state index in [0.29, 0.717) is 5.41 Å². The molecule has 17 heavy (non-hydrogen) atoms. The zero-order valence-electron chi connectivity index (χ0n) is 12.2. The second kappa shape index (κ2) is 6.72. The molecule has 1 fully saturated rings. The van der Waals surface area contributed by atoms with Gasteiger partial charge in [-0.25, -0.2) is 0 Å². The Balaban J connectivity index is 2.18. The summed E-state index contributed by atoms with van der Waals surface area (Å²) >= 11 is 0. The number of likely N-dealkylation sites (tertiary alicyclic amines) is 1. The van der Waals surface area contributed by atoms with Crippen molar-refractivity contribution in [2.24, 2.45) is 17.1 Å². The molecule has 2 N–H and O–H groups in total. The molecule has 0 aliphatic carbocycles. The Bertz CT molecular complexity index is 216. The molecule has 1 aliphatic rings. The van der Waals surface area contributed by atoms with Gasteiger partial charge in [0.1, 0.15) is 0 Å². The minimum absolute atomic E-state index is 0.357. The molecule has 0 radical (unpaired) electrons. The fraction of sp³-hybridized carbons (Fsp3) is 1.00. The van der Waals surface area contributed by atoms with Crippen molar-refractivity contribution in [3.05, 3.63) is 0 Å². The van der Waals surface area contributed by atoms with Crippen LogP contribution in [0.5, 0.6) is 0 Å². The first-order chi connectivity index (χ1) is 7.93. The minimum atomic E-state index is 0.357. The van der Waals surface area contributed by atoms with Crippen LogP contribution < -0.4 is 5.73 Å². The lowest BCUT2D eigenvalue weighted by Gasteiger charge is -2.30. The van der Waals surface area contributed by atoms with Crippen LogP contribution >= 0.6 is 0 Å². The zero-order chi connectivity index (χ0) is 12.9. The summed E-state index contributed by atoms with van der Waals surface area (Å²) in [6.07, 6.45) is 3.85. The molecule has 3 nitrogen and oxygen atoms in total. The van der Waals surface area contributed by atoms with Gasteiger partial charge in [-0.05, 0) is 64.3 Å². The third-order valence-electron chi connectivity index (χ3n) is 3.93. The predicted octanol–water partition coefficient (Wildman–Crippen LogP) is 1.64. The van der Waals surface area contributed by atoms with E-state index in [1.54, 1.807) is 0 Å².